The van der Waals surface area contributed by atoms with Crippen LogP contribution in [0.4, 0.5) is 5.69 Å². The number of rotatable bonds is 2. The molecule has 0 saturated carbocycles. The molecule has 0 atom stereocenters. The van der Waals surface area contributed by atoms with E-state index >= 15 is 0 Å². The minimum atomic E-state index is -0.440. The fourth-order valence-electron chi connectivity index (χ4n) is 3.18. The average molecular weight is 397 g/mol. The monoisotopic (exact) mass is 397 g/mol. The smallest absolute Gasteiger partial charge is 0.289 e. The molecule has 0 radical (unpaired) electrons. The maximum absolute atomic E-state index is 12.7. The van der Waals surface area contributed by atoms with Gasteiger partial charge in [0.1, 0.15) is 0 Å². The van der Waals surface area contributed by atoms with Crippen molar-refractivity contribution in [1.29, 1.82) is 0 Å². The number of aromatic nitrogens is 1. The molecule has 27 heavy (non-hydrogen) atoms. The number of nitro groups is 1. The Bertz CT molecular complexity index is 1310. The second kappa shape index (κ2) is 6.40. The van der Waals surface area contributed by atoms with Crippen molar-refractivity contribution in [2.75, 3.05) is 0 Å². The number of carbonyl (C=O) groups is 1. The number of carbonyl (C=O) groups excluding carboxylic acids is 1. The molecule has 4 aromatic rings. The van der Waals surface area contributed by atoms with E-state index in [9.17, 15) is 14.9 Å². The zero-order chi connectivity index (χ0) is 19.3. The summed E-state index contributed by atoms with van der Waals surface area (Å²) in [5.41, 5.74) is 3.40. The number of amides is 1. The molecule has 8 heteroatoms. The van der Waals surface area contributed by atoms with Crippen LogP contribution in [-0.4, -0.2) is 15.4 Å². The molecular weight excluding hydrogens is 382 g/mol. The molecule has 0 aliphatic carbocycles. The molecule has 0 spiro atoms. The summed E-state index contributed by atoms with van der Waals surface area (Å²) in [6.45, 7) is 4.09. The Morgan fingerprint density at radius 3 is 2.63 bits per heavy atom. The van der Waals surface area contributed by atoms with Gasteiger partial charge in [0.05, 0.1) is 20.0 Å². The molecule has 2 aromatic heterocycles. The van der Waals surface area contributed by atoms with Gasteiger partial charge in [0.2, 0.25) is 0 Å². The van der Waals surface area contributed by atoms with Crippen molar-refractivity contribution in [3.05, 3.63) is 67.3 Å². The molecule has 0 saturated heterocycles. The van der Waals surface area contributed by atoms with E-state index in [2.05, 4.69) is 17.1 Å². The van der Waals surface area contributed by atoms with Crippen molar-refractivity contribution in [3.63, 3.8) is 0 Å². The summed E-state index contributed by atoms with van der Waals surface area (Å²) in [4.78, 5) is 28.6. The van der Waals surface area contributed by atoms with Gasteiger partial charge in [0.25, 0.3) is 11.6 Å². The molecule has 136 valence electrons. The fourth-order valence-corrected chi connectivity index (χ4v) is 5.30. The summed E-state index contributed by atoms with van der Waals surface area (Å²) >= 11 is 2.77. The number of thiazole rings is 1. The van der Waals surface area contributed by atoms with E-state index in [0.29, 0.717) is 15.1 Å². The van der Waals surface area contributed by atoms with Crippen molar-refractivity contribution < 1.29 is 9.72 Å². The van der Waals surface area contributed by atoms with Crippen molar-refractivity contribution >= 4 is 54.6 Å². The molecule has 0 unspecified atom stereocenters. The molecule has 0 aliphatic heterocycles. The van der Waals surface area contributed by atoms with Crippen molar-refractivity contribution in [2.24, 2.45) is 12.0 Å². The van der Waals surface area contributed by atoms with Crippen molar-refractivity contribution in [2.45, 2.75) is 13.8 Å². The third-order valence-electron chi connectivity index (χ3n) is 4.35. The summed E-state index contributed by atoms with van der Waals surface area (Å²) in [6.07, 6.45) is 0. The minimum absolute atomic E-state index is 0.0120. The first kappa shape index (κ1) is 17.6. The maximum Gasteiger partial charge on any atom is 0.289 e. The molecule has 0 fully saturated rings. The number of non-ortho nitro benzene ring substituents is 1. The van der Waals surface area contributed by atoms with Gasteiger partial charge in [-0.3, -0.25) is 14.9 Å². The number of nitrogens with zero attached hydrogens (tertiary/aromatic N) is 3. The lowest BCUT2D eigenvalue weighted by Gasteiger charge is -2.01. The Hall–Kier alpha value is -2.84. The maximum atomic E-state index is 12.7. The average Bonchev–Trinajstić information content (AvgIpc) is 3.15. The van der Waals surface area contributed by atoms with Crippen LogP contribution in [0.2, 0.25) is 0 Å². The highest BCUT2D eigenvalue weighted by atomic mass is 32.1. The van der Waals surface area contributed by atoms with Crippen LogP contribution < -0.4 is 4.80 Å². The van der Waals surface area contributed by atoms with Gasteiger partial charge in [0.15, 0.2) is 4.80 Å². The Morgan fingerprint density at radius 1 is 1.11 bits per heavy atom. The van der Waals surface area contributed by atoms with Gasteiger partial charge in [0, 0.05) is 29.3 Å². The number of hydrogen-bond acceptors (Lipinski definition) is 5. The van der Waals surface area contributed by atoms with Crippen LogP contribution in [0, 0.1) is 24.0 Å². The molecule has 0 N–H and O–H groups in total. The number of nitro benzene ring substituents is 1. The van der Waals surface area contributed by atoms with Gasteiger partial charge in [-0.2, -0.15) is 4.99 Å². The second-order valence-electron chi connectivity index (χ2n) is 6.38. The standard InChI is InChI=1S/C19H15N3O3S2/c1-10-6-11(2)17-15(7-10)27-19(21(17)3)20-18(23)16-9-12-8-13(22(24)25)4-5-14(12)26-16/h4-9H,1-3H3. The third kappa shape index (κ3) is 3.07. The first-order valence-electron chi connectivity index (χ1n) is 8.17. The van der Waals surface area contributed by atoms with Crippen LogP contribution in [0.3, 0.4) is 0 Å². The van der Waals surface area contributed by atoms with Crippen molar-refractivity contribution in [1.82, 2.24) is 4.57 Å². The number of aryl methyl sites for hydroxylation is 3. The van der Waals surface area contributed by atoms with Gasteiger partial charge in [-0.1, -0.05) is 17.4 Å². The molecule has 1 amide bonds. The van der Waals surface area contributed by atoms with E-state index in [1.54, 1.807) is 12.1 Å². The predicted molar refractivity (Wildman–Crippen MR) is 109 cm³/mol. The first-order chi connectivity index (χ1) is 12.8. The Morgan fingerprint density at radius 2 is 1.89 bits per heavy atom. The highest BCUT2D eigenvalue weighted by Gasteiger charge is 2.14. The molecule has 0 bridgehead atoms. The minimum Gasteiger partial charge on any atom is -0.319 e. The Balaban J connectivity index is 1.80. The highest BCUT2D eigenvalue weighted by molar-refractivity contribution is 7.21. The summed E-state index contributed by atoms with van der Waals surface area (Å²) < 4.78 is 3.85. The lowest BCUT2D eigenvalue weighted by atomic mass is 10.1. The van der Waals surface area contributed by atoms with Crippen LogP contribution in [-0.2, 0) is 7.05 Å². The number of hydrogen-bond donors (Lipinski definition) is 0. The number of thiophene rings is 1. The highest BCUT2D eigenvalue weighted by Crippen LogP contribution is 2.29. The Kier molecular flexibility index (Phi) is 4.16. The van der Waals surface area contributed by atoms with Crippen LogP contribution >= 0.6 is 22.7 Å². The first-order valence-corrected chi connectivity index (χ1v) is 9.80. The molecule has 4 rings (SSSR count). The van der Waals surface area contributed by atoms with Crippen LogP contribution in [0.15, 0.2) is 41.4 Å². The van der Waals surface area contributed by atoms with E-state index in [-0.39, 0.29) is 11.6 Å². The van der Waals surface area contributed by atoms with Gasteiger partial charge in [-0.25, -0.2) is 0 Å². The van der Waals surface area contributed by atoms with Crippen LogP contribution in [0.1, 0.15) is 20.8 Å². The van der Waals surface area contributed by atoms with E-state index in [0.717, 1.165) is 20.5 Å². The van der Waals surface area contributed by atoms with Crippen LogP contribution in [0.5, 0.6) is 0 Å². The summed E-state index contributed by atoms with van der Waals surface area (Å²) in [5.74, 6) is -0.338. The zero-order valence-corrected chi connectivity index (χ0v) is 16.5. The van der Waals surface area contributed by atoms with Crippen molar-refractivity contribution in [3.8, 4) is 0 Å². The van der Waals surface area contributed by atoms with Crippen LogP contribution in [0.25, 0.3) is 20.3 Å². The Labute approximate surface area is 162 Å². The molecule has 2 aromatic carbocycles. The lowest BCUT2D eigenvalue weighted by Crippen LogP contribution is -2.13. The SMILES string of the molecule is Cc1cc(C)c2c(c1)sc(=NC(=O)c1cc3cc([N+](=O)[O-])ccc3s1)n2C. The summed E-state index contributed by atoms with van der Waals surface area (Å²) in [5, 5.41) is 11.6. The molecule has 0 aliphatic rings. The normalized spacial score (nSPS) is 12.2. The second-order valence-corrected chi connectivity index (χ2v) is 8.47. The summed E-state index contributed by atoms with van der Waals surface area (Å²) in [7, 11) is 1.90. The van der Waals surface area contributed by atoms with E-state index in [4.69, 9.17) is 0 Å². The number of fused-ring (bicyclic) bond motifs is 2. The largest absolute Gasteiger partial charge is 0.319 e. The topological polar surface area (TPSA) is 77.5 Å². The fraction of sp³-hybridized carbons (Fsp3) is 0.158. The predicted octanol–water partition coefficient (Wildman–Crippen LogP) is 4.72. The quantitative estimate of drug-likeness (QED) is 0.363. The van der Waals surface area contributed by atoms with Gasteiger partial charge < -0.3 is 4.57 Å². The molecular formula is C19H15N3O3S2. The zero-order valence-electron chi connectivity index (χ0n) is 14.8. The van der Waals surface area contributed by atoms with Gasteiger partial charge in [-0.15, -0.1) is 11.3 Å². The summed E-state index contributed by atoms with van der Waals surface area (Å²) in [6, 6.07) is 10.5. The molecule has 2 heterocycles. The lowest BCUT2D eigenvalue weighted by molar-refractivity contribution is -0.384. The van der Waals surface area contributed by atoms with Gasteiger partial charge >= 0.3 is 0 Å². The third-order valence-corrected chi connectivity index (χ3v) is 6.54. The van der Waals surface area contributed by atoms with E-state index < -0.39 is 4.92 Å². The molecule has 6 nitrogen and oxygen atoms in total. The number of benzene rings is 2. The van der Waals surface area contributed by atoms with E-state index in [1.165, 1.54) is 40.4 Å². The van der Waals surface area contributed by atoms with Gasteiger partial charge in [-0.05, 0) is 43.2 Å². The van der Waals surface area contributed by atoms with E-state index in [1.807, 2.05) is 25.5 Å².